The van der Waals surface area contributed by atoms with Crippen LogP contribution in [-0.2, 0) is 11.2 Å². The summed E-state index contributed by atoms with van der Waals surface area (Å²) in [5.74, 6) is -1.26. The highest BCUT2D eigenvalue weighted by Gasteiger charge is 2.08. The number of aromatic nitrogens is 1. The normalized spacial score (nSPS) is 10.1. The summed E-state index contributed by atoms with van der Waals surface area (Å²) in [6.07, 6.45) is 1.45. The average molecular weight is 335 g/mol. The van der Waals surface area contributed by atoms with Gasteiger partial charge in [0.25, 0.3) is 5.91 Å². The SMILES string of the molecule is O=C(O)Cc1cccc(NC(=O)c2ccc(Br)cn2)c1. The molecule has 1 amide bonds. The fourth-order valence-corrected chi connectivity index (χ4v) is 1.87. The Bertz CT molecular complexity index is 641. The van der Waals surface area contributed by atoms with E-state index in [-0.39, 0.29) is 18.0 Å². The van der Waals surface area contributed by atoms with Crippen LogP contribution < -0.4 is 5.32 Å². The van der Waals surface area contributed by atoms with Gasteiger partial charge in [-0.15, -0.1) is 0 Å². The van der Waals surface area contributed by atoms with Gasteiger partial charge in [0.2, 0.25) is 0 Å². The first-order valence-electron chi connectivity index (χ1n) is 5.78. The van der Waals surface area contributed by atoms with Gasteiger partial charge < -0.3 is 10.4 Å². The topological polar surface area (TPSA) is 79.3 Å². The molecule has 1 aromatic heterocycles. The second kappa shape index (κ2) is 6.29. The molecule has 0 bridgehead atoms. The number of nitrogens with zero attached hydrogens (tertiary/aromatic N) is 1. The van der Waals surface area contributed by atoms with Gasteiger partial charge in [0.1, 0.15) is 5.69 Å². The Balaban J connectivity index is 2.11. The standard InChI is InChI=1S/C14H11BrN2O3/c15-10-4-5-12(16-8-10)14(20)17-11-3-1-2-9(6-11)7-13(18)19/h1-6,8H,7H2,(H,17,20)(H,18,19). The first-order chi connectivity index (χ1) is 9.54. The molecule has 2 N–H and O–H groups in total. The zero-order valence-corrected chi connectivity index (χ0v) is 11.9. The molecular formula is C14H11BrN2O3. The third-order valence-corrected chi connectivity index (χ3v) is 2.97. The number of aliphatic carboxylic acids is 1. The van der Waals surface area contributed by atoms with Crippen LogP contribution in [0.1, 0.15) is 16.1 Å². The molecule has 20 heavy (non-hydrogen) atoms. The van der Waals surface area contributed by atoms with Gasteiger partial charge in [0.15, 0.2) is 0 Å². The summed E-state index contributed by atoms with van der Waals surface area (Å²) < 4.78 is 0.789. The Morgan fingerprint density at radius 2 is 2.05 bits per heavy atom. The lowest BCUT2D eigenvalue weighted by atomic mass is 10.1. The maximum absolute atomic E-state index is 12.0. The van der Waals surface area contributed by atoms with E-state index in [1.807, 2.05) is 0 Å². The molecule has 1 heterocycles. The van der Waals surface area contributed by atoms with Gasteiger partial charge in [-0.1, -0.05) is 12.1 Å². The molecule has 0 spiro atoms. The smallest absolute Gasteiger partial charge is 0.307 e. The zero-order valence-electron chi connectivity index (χ0n) is 10.3. The van der Waals surface area contributed by atoms with Crippen molar-refractivity contribution in [3.05, 3.63) is 58.3 Å². The quantitative estimate of drug-likeness (QED) is 0.900. The van der Waals surface area contributed by atoms with Gasteiger partial charge in [-0.3, -0.25) is 9.59 Å². The summed E-state index contributed by atoms with van der Waals surface area (Å²) in [5.41, 5.74) is 1.45. The fraction of sp³-hybridized carbons (Fsp3) is 0.0714. The molecule has 2 aromatic rings. The van der Waals surface area contributed by atoms with Crippen molar-refractivity contribution < 1.29 is 14.7 Å². The molecule has 0 saturated heterocycles. The zero-order chi connectivity index (χ0) is 14.5. The summed E-state index contributed by atoms with van der Waals surface area (Å²) in [7, 11) is 0. The molecule has 102 valence electrons. The Kier molecular flexibility index (Phi) is 4.47. The van der Waals surface area contributed by atoms with Crippen LogP contribution in [-0.4, -0.2) is 22.0 Å². The first-order valence-corrected chi connectivity index (χ1v) is 6.57. The molecule has 0 aliphatic rings. The van der Waals surface area contributed by atoms with Gasteiger partial charge >= 0.3 is 5.97 Å². The number of hydrogen-bond donors (Lipinski definition) is 2. The lowest BCUT2D eigenvalue weighted by Gasteiger charge is -2.06. The van der Waals surface area contributed by atoms with E-state index in [1.54, 1.807) is 36.4 Å². The van der Waals surface area contributed by atoms with Gasteiger partial charge in [-0.2, -0.15) is 0 Å². The second-order valence-electron chi connectivity index (χ2n) is 4.09. The van der Waals surface area contributed by atoms with Gasteiger partial charge in [0.05, 0.1) is 6.42 Å². The number of halogens is 1. The highest BCUT2D eigenvalue weighted by atomic mass is 79.9. The number of amides is 1. The Morgan fingerprint density at radius 1 is 1.25 bits per heavy atom. The van der Waals surface area contributed by atoms with Crippen molar-refractivity contribution in [2.75, 3.05) is 5.32 Å². The van der Waals surface area contributed by atoms with E-state index in [0.717, 1.165) is 4.47 Å². The molecule has 6 heteroatoms. The van der Waals surface area contributed by atoms with Crippen LogP contribution in [0.2, 0.25) is 0 Å². The van der Waals surface area contributed by atoms with Crippen molar-refractivity contribution in [3.63, 3.8) is 0 Å². The Labute approximate surface area is 123 Å². The molecule has 1 aromatic carbocycles. The first kappa shape index (κ1) is 14.2. The monoisotopic (exact) mass is 334 g/mol. The predicted molar refractivity (Wildman–Crippen MR) is 77.7 cm³/mol. The maximum Gasteiger partial charge on any atom is 0.307 e. The number of carbonyl (C=O) groups is 2. The van der Waals surface area contributed by atoms with Crippen LogP contribution in [0, 0.1) is 0 Å². The van der Waals surface area contributed by atoms with E-state index in [1.165, 1.54) is 6.20 Å². The van der Waals surface area contributed by atoms with E-state index in [4.69, 9.17) is 5.11 Å². The predicted octanol–water partition coefficient (Wildman–Crippen LogP) is 2.72. The fourth-order valence-electron chi connectivity index (χ4n) is 1.64. The lowest BCUT2D eigenvalue weighted by Crippen LogP contribution is -2.13. The molecule has 0 atom stereocenters. The van der Waals surface area contributed by atoms with Crippen LogP contribution in [0.25, 0.3) is 0 Å². The van der Waals surface area contributed by atoms with Gasteiger partial charge in [-0.05, 0) is 45.8 Å². The average Bonchev–Trinajstić information content (AvgIpc) is 2.39. The van der Waals surface area contributed by atoms with Crippen molar-refractivity contribution in [1.82, 2.24) is 4.98 Å². The van der Waals surface area contributed by atoms with Gasteiger partial charge in [0, 0.05) is 16.4 Å². The number of rotatable bonds is 4. The molecular weight excluding hydrogens is 324 g/mol. The van der Waals surface area contributed by atoms with Crippen molar-refractivity contribution in [2.45, 2.75) is 6.42 Å². The molecule has 0 saturated carbocycles. The van der Waals surface area contributed by atoms with Crippen LogP contribution >= 0.6 is 15.9 Å². The minimum absolute atomic E-state index is 0.0831. The highest BCUT2D eigenvalue weighted by molar-refractivity contribution is 9.10. The molecule has 5 nitrogen and oxygen atoms in total. The molecule has 0 aliphatic heterocycles. The summed E-state index contributed by atoms with van der Waals surface area (Å²) >= 11 is 3.24. The number of pyridine rings is 1. The highest BCUT2D eigenvalue weighted by Crippen LogP contribution is 2.13. The number of carboxylic acid groups (broad SMARTS) is 1. The number of benzene rings is 1. The number of carboxylic acids is 1. The third-order valence-electron chi connectivity index (χ3n) is 2.50. The van der Waals surface area contributed by atoms with Crippen LogP contribution in [0.15, 0.2) is 47.1 Å². The number of anilines is 1. The Hall–Kier alpha value is -2.21. The maximum atomic E-state index is 12.0. The van der Waals surface area contributed by atoms with Crippen LogP contribution in [0.5, 0.6) is 0 Å². The van der Waals surface area contributed by atoms with E-state index in [9.17, 15) is 9.59 Å². The second-order valence-corrected chi connectivity index (χ2v) is 5.00. The molecule has 0 aliphatic carbocycles. The lowest BCUT2D eigenvalue weighted by molar-refractivity contribution is -0.136. The molecule has 2 rings (SSSR count). The molecule has 0 fully saturated rings. The number of hydrogen-bond acceptors (Lipinski definition) is 3. The van der Waals surface area contributed by atoms with E-state index in [2.05, 4.69) is 26.2 Å². The summed E-state index contributed by atoms with van der Waals surface area (Å²) in [5, 5.41) is 11.4. The Morgan fingerprint density at radius 3 is 2.70 bits per heavy atom. The molecule has 0 unspecified atom stereocenters. The van der Waals surface area contributed by atoms with E-state index >= 15 is 0 Å². The summed E-state index contributed by atoms with van der Waals surface area (Å²) in [6, 6.07) is 10.0. The largest absolute Gasteiger partial charge is 0.481 e. The van der Waals surface area contributed by atoms with Crippen LogP contribution in [0.4, 0.5) is 5.69 Å². The van der Waals surface area contributed by atoms with E-state index < -0.39 is 5.97 Å². The van der Waals surface area contributed by atoms with Crippen molar-refractivity contribution >= 4 is 33.5 Å². The number of nitrogens with one attached hydrogen (secondary N) is 1. The van der Waals surface area contributed by atoms with Crippen molar-refractivity contribution in [1.29, 1.82) is 0 Å². The van der Waals surface area contributed by atoms with Crippen LogP contribution in [0.3, 0.4) is 0 Å². The van der Waals surface area contributed by atoms with Crippen molar-refractivity contribution in [2.24, 2.45) is 0 Å². The number of carbonyl (C=O) groups excluding carboxylic acids is 1. The summed E-state index contributed by atoms with van der Waals surface area (Å²) in [4.78, 5) is 26.6. The van der Waals surface area contributed by atoms with E-state index in [0.29, 0.717) is 11.3 Å². The summed E-state index contributed by atoms with van der Waals surface area (Å²) in [6.45, 7) is 0. The minimum atomic E-state index is -0.914. The van der Waals surface area contributed by atoms with Gasteiger partial charge in [-0.25, -0.2) is 4.98 Å². The minimum Gasteiger partial charge on any atom is -0.481 e. The third kappa shape index (κ3) is 3.89. The van der Waals surface area contributed by atoms with Crippen molar-refractivity contribution in [3.8, 4) is 0 Å². The molecule has 0 radical (unpaired) electrons.